The molecular weight excluding hydrogens is 440 g/mol. The Morgan fingerprint density at radius 3 is 2.29 bits per heavy atom. The lowest BCUT2D eigenvalue weighted by Gasteiger charge is -2.34. The SMILES string of the molecule is CCN1CCN(Cc2cc(F)c(NC(=O)Nc3cnc(Cl)nc3)cc2C(F)(F)F)CC1. The number of nitrogens with zero attached hydrogens (tertiary/aromatic N) is 4. The molecule has 2 amide bonds. The van der Waals surface area contributed by atoms with Crippen LogP contribution in [0, 0.1) is 5.82 Å². The van der Waals surface area contributed by atoms with Crippen LogP contribution in [0.4, 0.5) is 33.7 Å². The molecule has 2 heterocycles. The maximum Gasteiger partial charge on any atom is 0.416 e. The lowest BCUT2D eigenvalue weighted by molar-refractivity contribution is -0.138. The number of carbonyl (C=O) groups excluding carboxylic acids is 1. The Hall–Kier alpha value is -2.50. The van der Waals surface area contributed by atoms with E-state index in [-0.39, 0.29) is 23.1 Å². The Morgan fingerprint density at radius 1 is 1.10 bits per heavy atom. The number of benzene rings is 1. The number of halogens is 5. The Kier molecular flexibility index (Phi) is 7.29. The number of nitrogens with one attached hydrogen (secondary N) is 2. The minimum atomic E-state index is -4.70. The smallest absolute Gasteiger partial charge is 0.305 e. The van der Waals surface area contributed by atoms with E-state index in [2.05, 4.69) is 25.5 Å². The van der Waals surface area contributed by atoms with Crippen LogP contribution in [0.15, 0.2) is 24.5 Å². The normalized spacial score (nSPS) is 15.7. The van der Waals surface area contributed by atoms with E-state index < -0.39 is 29.3 Å². The van der Waals surface area contributed by atoms with Crippen molar-refractivity contribution >= 4 is 29.0 Å². The number of hydrogen-bond donors (Lipinski definition) is 2. The number of urea groups is 1. The van der Waals surface area contributed by atoms with Gasteiger partial charge in [-0.05, 0) is 35.8 Å². The molecule has 1 aromatic heterocycles. The molecule has 7 nitrogen and oxygen atoms in total. The predicted molar refractivity (Wildman–Crippen MR) is 108 cm³/mol. The summed E-state index contributed by atoms with van der Waals surface area (Å²) in [5.41, 5.74) is -1.61. The van der Waals surface area contributed by atoms with E-state index in [0.717, 1.165) is 25.7 Å². The van der Waals surface area contributed by atoms with Crippen LogP contribution in [-0.2, 0) is 12.7 Å². The third-order valence-corrected chi connectivity index (χ3v) is 5.13. The summed E-state index contributed by atoms with van der Waals surface area (Å²) in [5.74, 6) is -0.960. The zero-order valence-corrected chi connectivity index (χ0v) is 17.4. The number of aromatic nitrogens is 2. The lowest BCUT2D eigenvalue weighted by atomic mass is 10.0. The Balaban J connectivity index is 1.76. The van der Waals surface area contributed by atoms with Crippen molar-refractivity contribution in [1.82, 2.24) is 19.8 Å². The van der Waals surface area contributed by atoms with Crippen LogP contribution in [0.25, 0.3) is 0 Å². The molecule has 1 fully saturated rings. The summed E-state index contributed by atoms with van der Waals surface area (Å²) in [6.45, 7) is 5.55. The number of amides is 2. The van der Waals surface area contributed by atoms with Gasteiger partial charge in [0.25, 0.3) is 0 Å². The molecule has 1 aromatic carbocycles. The summed E-state index contributed by atoms with van der Waals surface area (Å²) in [6.07, 6.45) is -2.30. The first-order valence-corrected chi connectivity index (χ1v) is 9.93. The molecule has 1 aliphatic heterocycles. The van der Waals surface area contributed by atoms with Gasteiger partial charge in [-0.3, -0.25) is 4.90 Å². The molecule has 0 atom stereocenters. The van der Waals surface area contributed by atoms with Gasteiger partial charge in [-0.25, -0.2) is 19.2 Å². The molecule has 0 spiro atoms. The Bertz CT molecular complexity index is 917. The fourth-order valence-electron chi connectivity index (χ4n) is 3.27. The number of hydrogen-bond acceptors (Lipinski definition) is 5. The molecule has 168 valence electrons. The van der Waals surface area contributed by atoms with Gasteiger partial charge < -0.3 is 15.5 Å². The molecule has 3 rings (SSSR count). The van der Waals surface area contributed by atoms with Crippen molar-refractivity contribution in [2.45, 2.75) is 19.6 Å². The van der Waals surface area contributed by atoms with Gasteiger partial charge in [0.1, 0.15) is 5.82 Å². The molecule has 0 aliphatic carbocycles. The van der Waals surface area contributed by atoms with Gasteiger partial charge in [-0.2, -0.15) is 13.2 Å². The number of piperazine rings is 1. The topological polar surface area (TPSA) is 73.4 Å². The van der Waals surface area contributed by atoms with E-state index in [1.54, 1.807) is 0 Å². The highest BCUT2D eigenvalue weighted by Gasteiger charge is 2.35. The molecule has 12 heteroatoms. The molecule has 0 bridgehead atoms. The quantitative estimate of drug-likeness (QED) is 0.520. The molecule has 1 saturated heterocycles. The summed E-state index contributed by atoms with van der Waals surface area (Å²) >= 11 is 5.55. The molecule has 2 aromatic rings. The fourth-order valence-corrected chi connectivity index (χ4v) is 3.37. The second-order valence-corrected chi connectivity index (χ2v) is 7.36. The minimum Gasteiger partial charge on any atom is -0.305 e. The van der Waals surface area contributed by atoms with E-state index in [4.69, 9.17) is 11.6 Å². The van der Waals surface area contributed by atoms with Gasteiger partial charge in [0, 0.05) is 32.7 Å². The van der Waals surface area contributed by atoms with Crippen LogP contribution in [0.2, 0.25) is 5.28 Å². The number of alkyl halides is 3. The fraction of sp³-hybridized carbons (Fsp3) is 0.421. The van der Waals surface area contributed by atoms with Crippen LogP contribution in [-0.4, -0.2) is 58.5 Å². The summed E-state index contributed by atoms with van der Waals surface area (Å²) in [6, 6.07) is 0.502. The standard InChI is InChI=1S/C19H21ClF4N6O/c1-2-29-3-5-30(6-4-29)11-12-7-15(21)16(8-14(12)19(22,23)24)28-18(31)27-13-9-25-17(20)26-10-13/h7-10H,2-6,11H2,1H3,(H2,27,28,31). The van der Waals surface area contributed by atoms with Crippen molar-refractivity contribution in [3.05, 3.63) is 46.8 Å². The predicted octanol–water partition coefficient (Wildman–Crippen LogP) is 4.07. The molecule has 2 N–H and O–H groups in total. The highest BCUT2D eigenvalue weighted by molar-refractivity contribution is 6.28. The van der Waals surface area contributed by atoms with E-state index in [1.807, 2.05) is 11.8 Å². The molecule has 1 aliphatic rings. The molecule has 0 radical (unpaired) electrons. The van der Waals surface area contributed by atoms with Crippen LogP contribution in [0.1, 0.15) is 18.1 Å². The molecule has 0 saturated carbocycles. The molecular formula is C19H21ClF4N6O. The van der Waals surface area contributed by atoms with Gasteiger partial charge in [0.05, 0.1) is 29.3 Å². The van der Waals surface area contributed by atoms with Gasteiger partial charge in [-0.1, -0.05) is 6.92 Å². The summed E-state index contributed by atoms with van der Waals surface area (Å²) in [5, 5.41) is 4.35. The highest BCUT2D eigenvalue weighted by Crippen LogP contribution is 2.36. The monoisotopic (exact) mass is 460 g/mol. The van der Waals surface area contributed by atoms with Crippen LogP contribution in [0.5, 0.6) is 0 Å². The van der Waals surface area contributed by atoms with Gasteiger partial charge >= 0.3 is 12.2 Å². The van der Waals surface area contributed by atoms with Crippen molar-refractivity contribution in [3.63, 3.8) is 0 Å². The van der Waals surface area contributed by atoms with E-state index in [9.17, 15) is 22.4 Å². The number of carbonyl (C=O) groups is 1. The zero-order valence-electron chi connectivity index (χ0n) is 16.6. The molecule has 0 unspecified atom stereocenters. The van der Waals surface area contributed by atoms with Gasteiger partial charge in [0.2, 0.25) is 5.28 Å². The van der Waals surface area contributed by atoms with Gasteiger partial charge in [-0.15, -0.1) is 0 Å². The van der Waals surface area contributed by atoms with Crippen molar-refractivity contribution in [1.29, 1.82) is 0 Å². The molecule has 31 heavy (non-hydrogen) atoms. The zero-order chi connectivity index (χ0) is 22.6. The summed E-state index contributed by atoms with van der Waals surface area (Å²) < 4.78 is 55.5. The second-order valence-electron chi connectivity index (χ2n) is 7.02. The van der Waals surface area contributed by atoms with Crippen LogP contribution >= 0.6 is 11.6 Å². The maximum atomic E-state index is 14.6. The third kappa shape index (κ3) is 6.25. The van der Waals surface area contributed by atoms with E-state index in [0.29, 0.717) is 19.2 Å². The lowest BCUT2D eigenvalue weighted by Crippen LogP contribution is -2.45. The second kappa shape index (κ2) is 9.75. The summed E-state index contributed by atoms with van der Waals surface area (Å²) in [7, 11) is 0. The minimum absolute atomic E-state index is 0.0299. The first kappa shape index (κ1) is 23.2. The van der Waals surface area contributed by atoms with E-state index in [1.165, 1.54) is 12.4 Å². The number of anilines is 2. The van der Waals surface area contributed by atoms with Crippen molar-refractivity contribution in [3.8, 4) is 0 Å². The number of likely N-dealkylation sites (N-methyl/N-ethyl adjacent to an activating group) is 1. The van der Waals surface area contributed by atoms with Crippen molar-refractivity contribution < 1.29 is 22.4 Å². The highest BCUT2D eigenvalue weighted by atomic mass is 35.5. The average Bonchev–Trinajstić information content (AvgIpc) is 2.71. The first-order chi connectivity index (χ1) is 14.7. The summed E-state index contributed by atoms with van der Waals surface area (Å²) in [4.78, 5) is 23.4. The van der Waals surface area contributed by atoms with E-state index >= 15 is 0 Å². The average molecular weight is 461 g/mol. The van der Waals surface area contributed by atoms with Crippen LogP contribution in [0.3, 0.4) is 0 Å². The Morgan fingerprint density at radius 2 is 1.71 bits per heavy atom. The number of rotatable bonds is 5. The van der Waals surface area contributed by atoms with Gasteiger partial charge in [0.15, 0.2) is 0 Å². The van der Waals surface area contributed by atoms with Crippen molar-refractivity contribution in [2.24, 2.45) is 0 Å². The van der Waals surface area contributed by atoms with Crippen LogP contribution < -0.4 is 10.6 Å². The third-order valence-electron chi connectivity index (χ3n) is 4.93. The van der Waals surface area contributed by atoms with Crippen molar-refractivity contribution in [2.75, 3.05) is 43.4 Å². The largest absolute Gasteiger partial charge is 0.416 e. The Labute approximate surface area is 181 Å². The maximum absolute atomic E-state index is 14.6. The first-order valence-electron chi connectivity index (χ1n) is 9.55.